The number of rotatable bonds is 5. The summed E-state index contributed by atoms with van der Waals surface area (Å²) in [7, 11) is 0. The second kappa shape index (κ2) is 8.04. The molecule has 0 unspecified atom stereocenters. The highest BCUT2D eigenvalue weighted by molar-refractivity contribution is 5.92. The Morgan fingerprint density at radius 3 is 2.58 bits per heavy atom. The van der Waals surface area contributed by atoms with Crippen LogP contribution >= 0.6 is 0 Å². The summed E-state index contributed by atoms with van der Waals surface area (Å²) in [6, 6.07) is 13.5. The monoisotopic (exact) mass is 352 g/mol. The Balaban J connectivity index is 1.62. The van der Waals surface area contributed by atoms with Gasteiger partial charge in [0.25, 0.3) is 0 Å². The number of nitrogens with one attached hydrogen (secondary N) is 1. The molecule has 0 bridgehead atoms. The molecule has 5 nitrogen and oxygen atoms in total. The van der Waals surface area contributed by atoms with Gasteiger partial charge in [0.2, 0.25) is 11.8 Å². The molecule has 1 heterocycles. The summed E-state index contributed by atoms with van der Waals surface area (Å²) >= 11 is 0. The summed E-state index contributed by atoms with van der Waals surface area (Å²) in [4.78, 5) is 25.7. The van der Waals surface area contributed by atoms with E-state index in [0.717, 1.165) is 35.5 Å². The van der Waals surface area contributed by atoms with Crippen LogP contribution in [0.2, 0.25) is 0 Å². The van der Waals surface area contributed by atoms with Gasteiger partial charge in [0.1, 0.15) is 5.75 Å². The van der Waals surface area contributed by atoms with Gasteiger partial charge in [-0.3, -0.25) is 9.59 Å². The minimum atomic E-state index is -0.0617. The normalized spacial score (nSPS) is 13.1. The average Bonchev–Trinajstić information content (AvgIpc) is 2.63. The molecule has 26 heavy (non-hydrogen) atoms. The summed E-state index contributed by atoms with van der Waals surface area (Å²) in [5.41, 5.74) is 4.05. The molecule has 0 radical (unpaired) electrons. The van der Waals surface area contributed by atoms with Gasteiger partial charge in [-0.05, 0) is 54.3 Å². The molecule has 1 aliphatic heterocycles. The molecular formula is C21H24N2O3. The van der Waals surface area contributed by atoms with E-state index in [2.05, 4.69) is 5.32 Å². The summed E-state index contributed by atoms with van der Waals surface area (Å²) in [6.45, 7) is 5.52. The molecule has 0 saturated carbocycles. The fraction of sp³-hybridized carbons (Fsp3) is 0.333. The molecule has 1 aliphatic rings. The van der Waals surface area contributed by atoms with Gasteiger partial charge in [0, 0.05) is 25.7 Å². The fourth-order valence-corrected chi connectivity index (χ4v) is 3.16. The molecular weight excluding hydrogens is 328 g/mol. The van der Waals surface area contributed by atoms with Crippen LogP contribution in [0.25, 0.3) is 0 Å². The Kier molecular flexibility index (Phi) is 5.56. The molecule has 2 aromatic rings. The van der Waals surface area contributed by atoms with Crippen molar-refractivity contribution in [2.75, 3.05) is 18.5 Å². The van der Waals surface area contributed by atoms with Crippen molar-refractivity contribution in [2.24, 2.45) is 0 Å². The molecule has 2 aromatic carbocycles. The van der Waals surface area contributed by atoms with Crippen LogP contribution in [0.5, 0.6) is 5.75 Å². The number of ether oxygens (including phenoxy) is 1. The summed E-state index contributed by atoms with van der Waals surface area (Å²) in [5.74, 6) is 0.829. The van der Waals surface area contributed by atoms with Crippen LogP contribution in [0.1, 0.15) is 30.5 Å². The van der Waals surface area contributed by atoms with Crippen LogP contribution in [0.3, 0.4) is 0 Å². The molecule has 136 valence electrons. The topological polar surface area (TPSA) is 58.6 Å². The lowest BCUT2D eigenvalue weighted by molar-refractivity contribution is -0.129. The van der Waals surface area contributed by atoms with Crippen molar-refractivity contribution in [3.63, 3.8) is 0 Å². The van der Waals surface area contributed by atoms with E-state index in [1.54, 1.807) is 6.92 Å². The Labute approximate surface area is 154 Å². The van der Waals surface area contributed by atoms with Crippen LogP contribution in [-0.4, -0.2) is 29.9 Å². The first kappa shape index (κ1) is 18.0. The van der Waals surface area contributed by atoms with Crippen molar-refractivity contribution >= 4 is 17.5 Å². The molecule has 0 saturated heterocycles. The molecule has 1 N–H and O–H groups in total. The number of carbonyl (C=O) groups is 2. The van der Waals surface area contributed by atoms with Crippen molar-refractivity contribution in [3.05, 3.63) is 59.2 Å². The lowest BCUT2D eigenvalue weighted by Crippen LogP contribution is -2.34. The van der Waals surface area contributed by atoms with Gasteiger partial charge in [-0.1, -0.05) is 18.2 Å². The lowest BCUT2D eigenvalue weighted by Gasteiger charge is -2.28. The van der Waals surface area contributed by atoms with Gasteiger partial charge < -0.3 is 15.0 Å². The zero-order valence-corrected chi connectivity index (χ0v) is 15.2. The lowest BCUT2D eigenvalue weighted by atomic mass is 9.99. The van der Waals surface area contributed by atoms with Gasteiger partial charge >= 0.3 is 0 Å². The molecule has 5 heteroatoms. The third-order valence-electron chi connectivity index (χ3n) is 4.55. The first-order valence-corrected chi connectivity index (χ1v) is 8.94. The molecule has 0 fully saturated rings. The molecule has 0 aromatic heterocycles. The zero-order chi connectivity index (χ0) is 18.5. The van der Waals surface area contributed by atoms with E-state index >= 15 is 0 Å². The number of benzene rings is 2. The van der Waals surface area contributed by atoms with Crippen LogP contribution in [-0.2, 0) is 29.0 Å². The first-order valence-electron chi connectivity index (χ1n) is 8.94. The maximum absolute atomic E-state index is 12.3. The highest BCUT2D eigenvalue weighted by Gasteiger charge is 2.18. The summed E-state index contributed by atoms with van der Waals surface area (Å²) < 4.78 is 5.41. The highest BCUT2D eigenvalue weighted by atomic mass is 16.5. The first-order chi connectivity index (χ1) is 12.5. The van der Waals surface area contributed by atoms with Crippen molar-refractivity contribution in [3.8, 4) is 5.75 Å². The molecule has 0 aliphatic carbocycles. The van der Waals surface area contributed by atoms with E-state index in [9.17, 15) is 9.59 Å². The number of carbonyl (C=O) groups excluding carboxylic acids is 2. The minimum absolute atomic E-state index is 0.0617. The van der Waals surface area contributed by atoms with Crippen LogP contribution < -0.4 is 10.1 Å². The second-order valence-electron chi connectivity index (χ2n) is 6.48. The maximum Gasteiger partial charge on any atom is 0.228 e. The van der Waals surface area contributed by atoms with Crippen molar-refractivity contribution in [1.82, 2.24) is 4.90 Å². The Hall–Kier alpha value is -2.82. The number of anilines is 1. The van der Waals surface area contributed by atoms with Crippen molar-refractivity contribution < 1.29 is 14.3 Å². The van der Waals surface area contributed by atoms with Crippen molar-refractivity contribution in [2.45, 2.75) is 33.2 Å². The number of nitrogens with zero attached hydrogens (tertiary/aromatic N) is 1. The highest BCUT2D eigenvalue weighted by Crippen LogP contribution is 2.23. The number of amides is 2. The van der Waals surface area contributed by atoms with Gasteiger partial charge in [0.15, 0.2) is 0 Å². The fourth-order valence-electron chi connectivity index (χ4n) is 3.16. The zero-order valence-electron chi connectivity index (χ0n) is 15.2. The third kappa shape index (κ3) is 4.42. The largest absolute Gasteiger partial charge is 0.494 e. The maximum atomic E-state index is 12.3. The smallest absolute Gasteiger partial charge is 0.228 e. The minimum Gasteiger partial charge on any atom is -0.494 e. The molecule has 2 amide bonds. The number of hydrogen-bond donors (Lipinski definition) is 1. The number of hydrogen-bond acceptors (Lipinski definition) is 3. The number of fused-ring (bicyclic) bond motifs is 1. The van der Waals surface area contributed by atoms with E-state index < -0.39 is 0 Å². The van der Waals surface area contributed by atoms with Gasteiger partial charge in [0.05, 0.1) is 13.0 Å². The predicted molar refractivity (Wildman–Crippen MR) is 101 cm³/mol. The quantitative estimate of drug-likeness (QED) is 0.899. The summed E-state index contributed by atoms with van der Waals surface area (Å²) in [6.07, 6.45) is 1.17. The molecule has 3 rings (SSSR count). The molecule has 0 atom stereocenters. The second-order valence-corrected chi connectivity index (χ2v) is 6.48. The van der Waals surface area contributed by atoms with E-state index in [0.29, 0.717) is 19.6 Å². The Morgan fingerprint density at radius 1 is 1.12 bits per heavy atom. The van der Waals surface area contributed by atoms with E-state index in [1.165, 1.54) is 5.56 Å². The van der Waals surface area contributed by atoms with E-state index in [-0.39, 0.29) is 11.8 Å². The van der Waals surface area contributed by atoms with Gasteiger partial charge in [-0.15, -0.1) is 0 Å². The van der Waals surface area contributed by atoms with E-state index in [4.69, 9.17) is 4.74 Å². The van der Waals surface area contributed by atoms with E-state index in [1.807, 2.05) is 54.3 Å². The van der Waals surface area contributed by atoms with Crippen molar-refractivity contribution in [1.29, 1.82) is 0 Å². The Bertz CT molecular complexity index is 799. The predicted octanol–water partition coefficient (Wildman–Crippen LogP) is 3.17. The van der Waals surface area contributed by atoms with Crippen LogP contribution in [0.15, 0.2) is 42.5 Å². The van der Waals surface area contributed by atoms with Crippen LogP contribution in [0.4, 0.5) is 5.69 Å². The standard InChI is InChI=1S/C21H24N2O3/c1-3-26-20-8-4-16(5-9-20)12-21(25)22-19-7-6-17-10-11-23(15(2)24)14-18(17)13-19/h4-9,13H,3,10-12,14H2,1-2H3,(H,22,25). The molecule has 0 spiro atoms. The summed E-state index contributed by atoms with van der Waals surface area (Å²) in [5, 5.41) is 2.95. The van der Waals surface area contributed by atoms with Gasteiger partial charge in [-0.25, -0.2) is 0 Å². The average molecular weight is 352 g/mol. The van der Waals surface area contributed by atoms with Crippen LogP contribution in [0, 0.1) is 0 Å². The van der Waals surface area contributed by atoms with Gasteiger partial charge in [-0.2, -0.15) is 0 Å². The SMILES string of the molecule is CCOc1ccc(CC(=O)Nc2ccc3c(c2)CN(C(C)=O)CC3)cc1. The third-order valence-corrected chi connectivity index (χ3v) is 4.55. The Morgan fingerprint density at radius 2 is 1.88 bits per heavy atom.